The summed E-state index contributed by atoms with van der Waals surface area (Å²) in [5.74, 6) is 1.84. The number of ether oxygens (including phenoxy) is 1. The van der Waals surface area contributed by atoms with Gasteiger partial charge in [0.25, 0.3) is 0 Å². The fourth-order valence-electron chi connectivity index (χ4n) is 2.26. The second kappa shape index (κ2) is 4.50. The van der Waals surface area contributed by atoms with Crippen molar-refractivity contribution in [3.63, 3.8) is 0 Å². The smallest absolute Gasteiger partial charge is 0.119 e. The normalized spacial score (nSPS) is 17.2. The van der Waals surface area contributed by atoms with Crippen molar-refractivity contribution >= 4 is 0 Å². The second-order valence-corrected chi connectivity index (χ2v) is 4.11. The molecule has 1 radical (unpaired) electrons. The largest absolute Gasteiger partial charge is 0.497 e. The predicted octanol–water partition coefficient (Wildman–Crippen LogP) is 3.23. The van der Waals surface area contributed by atoms with Crippen molar-refractivity contribution in [2.24, 2.45) is 5.92 Å². The fraction of sp³-hybridized carbons (Fsp3) is 0.538. The molecule has 0 saturated heterocycles. The Bertz CT molecular complexity index is 287. The summed E-state index contributed by atoms with van der Waals surface area (Å²) < 4.78 is 5.20. The van der Waals surface area contributed by atoms with E-state index >= 15 is 0 Å². The zero-order valence-corrected chi connectivity index (χ0v) is 8.75. The second-order valence-electron chi connectivity index (χ2n) is 4.11. The third kappa shape index (κ3) is 2.28. The van der Waals surface area contributed by atoms with E-state index in [9.17, 15) is 0 Å². The van der Waals surface area contributed by atoms with E-state index in [2.05, 4.69) is 12.1 Å². The Hall–Kier alpha value is -0.980. The quantitative estimate of drug-likeness (QED) is 0.709. The van der Waals surface area contributed by atoms with Crippen LogP contribution in [0, 0.1) is 12.0 Å². The van der Waals surface area contributed by atoms with Gasteiger partial charge < -0.3 is 4.74 Å². The van der Waals surface area contributed by atoms with Crippen LogP contribution in [0.3, 0.4) is 0 Å². The molecule has 1 nitrogen and oxygen atoms in total. The molecule has 1 aliphatic rings. The van der Waals surface area contributed by atoms with Crippen LogP contribution in [0.25, 0.3) is 0 Å². The van der Waals surface area contributed by atoms with Crippen molar-refractivity contribution in [1.29, 1.82) is 0 Å². The van der Waals surface area contributed by atoms with Gasteiger partial charge in [-0.25, -0.2) is 0 Å². The molecule has 1 saturated carbocycles. The maximum absolute atomic E-state index is 5.20. The Morgan fingerprint density at radius 2 is 2.21 bits per heavy atom. The summed E-state index contributed by atoms with van der Waals surface area (Å²) in [6, 6.07) is 9.32. The molecule has 0 bridgehead atoms. The average Bonchev–Trinajstić information content (AvgIpc) is 2.71. The van der Waals surface area contributed by atoms with Gasteiger partial charge in [-0.1, -0.05) is 31.7 Å². The fourth-order valence-corrected chi connectivity index (χ4v) is 2.26. The summed E-state index contributed by atoms with van der Waals surface area (Å²) >= 11 is 0. The number of methoxy groups -OCH3 is 1. The lowest BCUT2D eigenvalue weighted by atomic mass is 9.98. The van der Waals surface area contributed by atoms with Gasteiger partial charge in [-0.3, -0.25) is 0 Å². The molecule has 1 aromatic rings. The molecule has 0 N–H and O–H groups in total. The minimum Gasteiger partial charge on any atom is -0.497 e. The lowest BCUT2D eigenvalue weighted by Crippen LogP contribution is -1.98. The van der Waals surface area contributed by atoms with E-state index in [1.54, 1.807) is 7.11 Å². The van der Waals surface area contributed by atoms with Gasteiger partial charge in [-0.15, -0.1) is 0 Å². The molecule has 14 heavy (non-hydrogen) atoms. The molecule has 0 atom stereocenters. The minimum atomic E-state index is 0.887. The van der Waals surface area contributed by atoms with E-state index < -0.39 is 0 Å². The van der Waals surface area contributed by atoms with Gasteiger partial charge in [0.1, 0.15) is 5.75 Å². The van der Waals surface area contributed by atoms with Gasteiger partial charge in [-0.05, 0) is 36.1 Å². The Kier molecular flexibility index (Phi) is 3.07. The monoisotopic (exact) mass is 189 g/mol. The van der Waals surface area contributed by atoms with Crippen molar-refractivity contribution in [1.82, 2.24) is 0 Å². The first-order chi connectivity index (χ1) is 6.88. The van der Waals surface area contributed by atoms with E-state index in [-0.39, 0.29) is 0 Å². The van der Waals surface area contributed by atoms with Crippen molar-refractivity contribution in [3.8, 4) is 5.75 Å². The van der Waals surface area contributed by atoms with E-state index in [0.717, 1.165) is 11.7 Å². The molecule has 1 aliphatic carbocycles. The van der Waals surface area contributed by atoms with Crippen LogP contribution < -0.4 is 4.74 Å². The molecular formula is C13H17O. The maximum Gasteiger partial charge on any atom is 0.119 e. The van der Waals surface area contributed by atoms with Gasteiger partial charge in [0.15, 0.2) is 0 Å². The van der Waals surface area contributed by atoms with Crippen molar-refractivity contribution in [3.05, 3.63) is 29.8 Å². The minimum absolute atomic E-state index is 0.887. The first-order valence-electron chi connectivity index (χ1n) is 5.43. The molecule has 0 aromatic heterocycles. The number of rotatable bonds is 3. The van der Waals surface area contributed by atoms with E-state index in [4.69, 9.17) is 4.74 Å². The molecule has 0 amide bonds. The lowest BCUT2D eigenvalue weighted by molar-refractivity contribution is 0.413. The maximum atomic E-state index is 5.20. The molecule has 2 rings (SSSR count). The molecule has 0 heterocycles. The lowest BCUT2D eigenvalue weighted by Gasteiger charge is -2.09. The summed E-state index contributed by atoms with van der Waals surface area (Å²) in [4.78, 5) is 0. The molecule has 75 valence electrons. The highest BCUT2D eigenvalue weighted by Crippen LogP contribution is 2.28. The summed E-state index contributed by atoms with van der Waals surface area (Å²) in [5.41, 5.74) is 1.30. The van der Waals surface area contributed by atoms with Crippen LogP contribution in [-0.4, -0.2) is 7.11 Å². The number of hydrogen-bond donors (Lipinski definition) is 0. The Labute approximate surface area is 86.1 Å². The van der Waals surface area contributed by atoms with Crippen LogP contribution in [0.5, 0.6) is 5.75 Å². The number of benzene rings is 1. The molecule has 1 aromatic carbocycles. The van der Waals surface area contributed by atoms with Crippen LogP contribution in [0.2, 0.25) is 0 Å². The van der Waals surface area contributed by atoms with Gasteiger partial charge in [0, 0.05) is 0 Å². The van der Waals surface area contributed by atoms with E-state index in [1.807, 2.05) is 12.1 Å². The van der Waals surface area contributed by atoms with E-state index in [0.29, 0.717) is 0 Å². The first-order valence-corrected chi connectivity index (χ1v) is 5.43. The molecular weight excluding hydrogens is 172 g/mol. The van der Waals surface area contributed by atoms with E-state index in [1.165, 1.54) is 37.7 Å². The van der Waals surface area contributed by atoms with Crippen LogP contribution in [0.1, 0.15) is 31.2 Å². The Balaban J connectivity index is 2.00. The van der Waals surface area contributed by atoms with Crippen LogP contribution in [0.4, 0.5) is 0 Å². The standard InChI is InChI=1S/C13H17O/c1-14-13-8-4-7-12(10-13)9-11-5-2-3-6-11/h4,8,10-11H,2-3,5-6,9H2,1H3. The van der Waals surface area contributed by atoms with Crippen molar-refractivity contribution in [2.75, 3.05) is 7.11 Å². The number of hydrogen-bond acceptors (Lipinski definition) is 1. The molecule has 0 spiro atoms. The summed E-state index contributed by atoms with van der Waals surface area (Å²) in [5, 5.41) is 0. The van der Waals surface area contributed by atoms with Gasteiger partial charge in [-0.2, -0.15) is 0 Å². The van der Waals surface area contributed by atoms with Gasteiger partial charge in [0.2, 0.25) is 0 Å². The van der Waals surface area contributed by atoms with Crippen LogP contribution in [-0.2, 0) is 6.42 Å². The average molecular weight is 189 g/mol. The highest BCUT2D eigenvalue weighted by atomic mass is 16.5. The van der Waals surface area contributed by atoms with Gasteiger partial charge >= 0.3 is 0 Å². The Morgan fingerprint density at radius 1 is 1.43 bits per heavy atom. The Morgan fingerprint density at radius 3 is 2.93 bits per heavy atom. The highest BCUT2D eigenvalue weighted by Gasteiger charge is 2.15. The highest BCUT2D eigenvalue weighted by molar-refractivity contribution is 5.27. The van der Waals surface area contributed by atoms with Crippen LogP contribution in [0.15, 0.2) is 18.2 Å². The summed E-state index contributed by atoms with van der Waals surface area (Å²) in [6.07, 6.45) is 6.79. The predicted molar refractivity (Wildman–Crippen MR) is 57.5 cm³/mol. The SMILES string of the molecule is COc1cc[c]c(CC2CCCC2)c1. The molecule has 1 heteroatoms. The molecule has 1 fully saturated rings. The van der Waals surface area contributed by atoms with Gasteiger partial charge in [0.05, 0.1) is 7.11 Å². The zero-order chi connectivity index (χ0) is 9.80. The third-order valence-electron chi connectivity index (χ3n) is 3.05. The van der Waals surface area contributed by atoms with Crippen molar-refractivity contribution < 1.29 is 4.74 Å². The summed E-state index contributed by atoms with van der Waals surface area (Å²) in [7, 11) is 1.72. The summed E-state index contributed by atoms with van der Waals surface area (Å²) in [6.45, 7) is 0. The first kappa shape index (κ1) is 9.57. The molecule has 0 aliphatic heterocycles. The van der Waals surface area contributed by atoms with Crippen LogP contribution >= 0.6 is 0 Å². The molecule has 0 unspecified atom stereocenters. The topological polar surface area (TPSA) is 9.23 Å². The van der Waals surface area contributed by atoms with Crippen molar-refractivity contribution in [2.45, 2.75) is 32.1 Å². The zero-order valence-electron chi connectivity index (χ0n) is 8.75. The third-order valence-corrected chi connectivity index (χ3v) is 3.05.